The van der Waals surface area contributed by atoms with Gasteiger partial charge in [-0.3, -0.25) is 9.59 Å². The minimum Gasteiger partial charge on any atom is -0.368 e. The van der Waals surface area contributed by atoms with Gasteiger partial charge in [0.25, 0.3) is 0 Å². The first-order valence-electron chi connectivity index (χ1n) is 7.09. The van der Waals surface area contributed by atoms with Gasteiger partial charge in [-0.1, -0.05) is 0 Å². The zero-order valence-electron chi connectivity index (χ0n) is 12.3. The summed E-state index contributed by atoms with van der Waals surface area (Å²) in [6.45, 7) is 1.53. The van der Waals surface area contributed by atoms with E-state index in [0.29, 0.717) is 11.3 Å². The molecule has 8 nitrogen and oxygen atoms in total. The smallest absolute Gasteiger partial charge is 0.244 e. The van der Waals surface area contributed by atoms with Crippen LogP contribution in [0.15, 0.2) is 30.7 Å². The Hall–Kier alpha value is -3.16. The summed E-state index contributed by atoms with van der Waals surface area (Å²) in [7, 11) is 0. The second kappa shape index (κ2) is 4.42. The quantitative estimate of drug-likeness (QED) is 0.606. The Morgan fingerprint density at radius 2 is 2.00 bits per heavy atom. The molecule has 5 N–H and O–H groups in total. The second-order valence-electron chi connectivity index (χ2n) is 5.74. The summed E-state index contributed by atoms with van der Waals surface area (Å²) in [5.74, 6) is -1.08. The summed E-state index contributed by atoms with van der Waals surface area (Å²) in [6, 6.07) is 5.38. The van der Waals surface area contributed by atoms with Crippen molar-refractivity contribution in [3.8, 4) is 0 Å². The van der Waals surface area contributed by atoms with Crippen LogP contribution in [0.3, 0.4) is 0 Å². The molecule has 0 saturated carbocycles. The van der Waals surface area contributed by atoms with E-state index < -0.39 is 17.2 Å². The molecule has 3 heterocycles. The number of nitrogens with one attached hydrogen (secondary N) is 3. The van der Waals surface area contributed by atoms with E-state index in [1.807, 2.05) is 0 Å². The molecule has 2 aromatic rings. The maximum atomic E-state index is 12.1. The number of nitrogens with zero attached hydrogens (tertiary/aromatic N) is 2. The second-order valence-corrected chi connectivity index (χ2v) is 5.74. The van der Waals surface area contributed by atoms with E-state index in [-0.39, 0.29) is 6.17 Å². The Kier molecular flexibility index (Phi) is 2.59. The molecule has 0 saturated heterocycles. The molecule has 0 bridgehead atoms. The number of carbonyl (C=O) groups excluding carboxylic acids is 2. The van der Waals surface area contributed by atoms with Crippen LogP contribution in [0.5, 0.6) is 0 Å². The van der Waals surface area contributed by atoms with E-state index >= 15 is 0 Å². The topological polar surface area (TPSA) is 122 Å². The SMILES string of the molecule is CC1(C(N)=O)C(=O)Nc2cc3c(cc21)NC(c1ccncn1)N3. The van der Waals surface area contributed by atoms with Gasteiger partial charge in [0.05, 0.1) is 17.1 Å². The number of carbonyl (C=O) groups is 2. The molecule has 0 fully saturated rings. The molecule has 0 spiro atoms. The molecule has 8 heteroatoms. The summed E-state index contributed by atoms with van der Waals surface area (Å²) < 4.78 is 0. The maximum absolute atomic E-state index is 12.1. The van der Waals surface area contributed by atoms with Crippen molar-refractivity contribution in [1.82, 2.24) is 9.97 Å². The molecular weight excluding hydrogens is 296 g/mol. The van der Waals surface area contributed by atoms with Gasteiger partial charge in [0, 0.05) is 17.4 Å². The molecule has 23 heavy (non-hydrogen) atoms. The number of hydrogen-bond acceptors (Lipinski definition) is 6. The van der Waals surface area contributed by atoms with Crippen LogP contribution in [-0.2, 0) is 15.0 Å². The third-order valence-electron chi connectivity index (χ3n) is 4.39. The number of aromatic nitrogens is 2. The van der Waals surface area contributed by atoms with Gasteiger partial charge in [-0.15, -0.1) is 0 Å². The van der Waals surface area contributed by atoms with Crippen LogP contribution in [0.4, 0.5) is 17.1 Å². The van der Waals surface area contributed by atoms with E-state index in [9.17, 15) is 9.59 Å². The molecule has 2 amide bonds. The largest absolute Gasteiger partial charge is 0.368 e. The normalized spacial score (nSPS) is 24.2. The first kappa shape index (κ1) is 13.5. The predicted molar refractivity (Wildman–Crippen MR) is 83.6 cm³/mol. The lowest BCUT2D eigenvalue weighted by Crippen LogP contribution is -2.44. The van der Waals surface area contributed by atoms with Gasteiger partial charge < -0.3 is 21.7 Å². The lowest BCUT2D eigenvalue weighted by atomic mass is 9.83. The highest BCUT2D eigenvalue weighted by Crippen LogP contribution is 2.45. The highest BCUT2D eigenvalue weighted by atomic mass is 16.2. The van der Waals surface area contributed by atoms with Crippen molar-refractivity contribution >= 4 is 28.9 Å². The minimum absolute atomic E-state index is 0.203. The number of hydrogen-bond donors (Lipinski definition) is 4. The van der Waals surface area contributed by atoms with Gasteiger partial charge in [-0.25, -0.2) is 9.97 Å². The van der Waals surface area contributed by atoms with Gasteiger partial charge in [-0.2, -0.15) is 0 Å². The Labute approximate surface area is 131 Å². The molecule has 1 aromatic heterocycles. The van der Waals surface area contributed by atoms with Gasteiger partial charge in [0.15, 0.2) is 5.41 Å². The van der Waals surface area contributed by atoms with Crippen LogP contribution in [0.1, 0.15) is 24.3 Å². The first-order valence-corrected chi connectivity index (χ1v) is 7.09. The Bertz CT molecular complexity index is 837. The molecule has 2 aliphatic heterocycles. The Morgan fingerprint density at radius 3 is 2.65 bits per heavy atom. The third kappa shape index (κ3) is 1.78. The molecule has 0 radical (unpaired) electrons. The van der Waals surface area contributed by atoms with Crippen molar-refractivity contribution in [1.29, 1.82) is 0 Å². The number of anilines is 3. The number of amides is 2. The number of fused-ring (bicyclic) bond motifs is 2. The number of primary amides is 1. The summed E-state index contributed by atoms with van der Waals surface area (Å²) in [5.41, 5.74) is 7.65. The highest BCUT2D eigenvalue weighted by molar-refractivity contribution is 6.20. The van der Waals surface area contributed by atoms with Crippen molar-refractivity contribution < 1.29 is 9.59 Å². The van der Waals surface area contributed by atoms with Crippen molar-refractivity contribution in [3.63, 3.8) is 0 Å². The van der Waals surface area contributed by atoms with E-state index in [4.69, 9.17) is 5.73 Å². The molecule has 2 aliphatic rings. The number of nitrogens with two attached hydrogens (primary N) is 1. The zero-order valence-corrected chi connectivity index (χ0v) is 12.3. The third-order valence-corrected chi connectivity index (χ3v) is 4.39. The van der Waals surface area contributed by atoms with Crippen LogP contribution >= 0.6 is 0 Å². The lowest BCUT2D eigenvalue weighted by molar-refractivity contribution is -0.131. The maximum Gasteiger partial charge on any atom is 0.244 e. The molecular formula is C15H14N6O2. The van der Waals surface area contributed by atoms with Crippen LogP contribution in [-0.4, -0.2) is 21.8 Å². The summed E-state index contributed by atoms with van der Waals surface area (Å²) in [6.07, 6.45) is 2.94. The standard InChI is InChI=1S/C15H14N6O2/c1-15(13(16)22)7-4-10-11(5-9(7)21-14(15)23)20-12(19-10)8-2-3-17-6-18-8/h2-6,12,19-20H,1H3,(H2,16,22)(H,21,23). The van der Waals surface area contributed by atoms with E-state index in [1.165, 1.54) is 13.3 Å². The van der Waals surface area contributed by atoms with Gasteiger partial charge in [-0.05, 0) is 25.1 Å². The van der Waals surface area contributed by atoms with Crippen molar-refractivity contribution in [2.45, 2.75) is 18.5 Å². The van der Waals surface area contributed by atoms with Crippen LogP contribution in [0.2, 0.25) is 0 Å². The Morgan fingerprint density at radius 1 is 1.26 bits per heavy atom. The van der Waals surface area contributed by atoms with Gasteiger partial charge >= 0.3 is 0 Å². The van der Waals surface area contributed by atoms with Gasteiger partial charge in [0.1, 0.15) is 12.5 Å². The zero-order chi connectivity index (χ0) is 16.2. The summed E-state index contributed by atoms with van der Waals surface area (Å²) in [5, 5.41) is 9.28. The fraction of sp³-hybridized carbons (Fsp3) is 0.200. The fourth-order valence-corrected chi connectivity index (χ4v) is 2.94. The van der Waals surface area contributed by atoms with Crippen LogP contribution in [0, 0.1) is 0 Å². The average Bonchev–Trinajstić information content (AvgIpc) is 3.06. The highest BCUT2D eigenvalue weighted by Gasteiger charge is 2.48. The number of rotatable bonds is 2. The van der Waals surface area contributed by atoms with Crippen LogP contribution in [0.25, 0.3) is 0 Å². The van der Waals surface area contributed by atoms with Crippen molar-refractivity contribution in [2.75, 3.05) is 16.0 Å². The van der Waals surface area contributed by atoms with E-state index in [1.54, 1.807) is 24.4 Å². The molecule has 116 valence electrons. The molecule has 2 atom stereocenters. The monoisotopic (exact) mass is 310 g/mol. The predicted octanol–water partition coefficient (Wildman–Crippen LogP) is 0.708. The van der Waals surface area contributed by atoms with Crippen molar-refractivity contribution in [2.24, 2.45) is 5.73 Å². The van der Waals surface area contributed by atoms with Gasteiger partial charge in [0.2, 0.25) is 11.8 Å². The molecule has 4 rings (SSSR count). The average molecular weight is 310 g/mol. The molecule has 0 aliphatic carbocycles. The minimum atomic E-state index is -1.36. The van der Waals surface area contributed by atoms with Crippen molar-refractivity contribution in [3.05, 3.63) is 42.0 Å². The first-order chi connectivity index (χ1) is 11.0. The lowest BCUT2D eigenvalue weighted by Gasteiger charge is -2.17. The molecule has 2 unspecified atom stereocenters. The summed E-state index contributed by atoms with van der Waals surface area (Å²) in [4.78, 5) is 32.0. The summed E-state index contributed by atoms with van der Waals surface area (Å²) >= 11 is 0. The van der Waals surface area contributed by atoms with Crippen LogP contribution < -0.4 is 21.7 Å². The Balaban J connectivity index is 1.74. The van der Waals surface area contributed by atoms with E-state index in [0.717, 1.165) is 17.1 Å². The number of benzene rings is 1. The fourth-order valence-electron chi connectivity index (χ4n) is 2.94. The van der Waals surface area contributed by atoms with E-state index in [2.05, 4.69) is 25.9 Å². The molecule has 1 aromatic carbocycles.